The highest BCUT2D eigenvalue weighted by Crippen LogP contribution is 2.10. The number of thioether (sulfide) groups is 2. The van der Waals surface area contributed by atoms with E-state index in [-0.39, 0.29) is 38.4 Å². The van der Waals surface area contributed by atoms with Crippen molar-refractivity contribution in [1.82, 2.24) is 0 Å². The van der Waals surface area contributed by atoms with Gasteiger partial charge in [0.1, 0.15) is 26.4 Å². The van der Waals surface area contributed by atoms with Gasteiger partial charge in [-0.15, -0.1) is 0 Å². The summed E-state index contributed by atoms with van der Waals surface area (Å²) in [7, 11) is 0. The van der Waals surface area contributed by atoms with E-state index >= 15 is 0 Å². The molecule has 0 aromatic rings. The van der Waals surface area contributed by atoms with Crippen LogP contribution in [0.25, 0.3) is 0 Å². The molecule has 0 saturated carbocycles. The maximum absolute atomic E-state index is 11.8. The molecule has 0 unspecified atom stereocenters. The molecule has 0 aliphatic carbocycles. The second-order valence-electron chi connectivity index (χ2n) is 8.58. The Hall–Kier alpha value is -2.18. The largest absolute Gasteiger partial charge is 0.463 e. The summed E-state index contributed by atoms with van der Waals surface area (Å²) >= 11 is 3.32. The van der Waals surface area contributed by atoms with E-state index in [0.717, 1.165) is 23.7 Å². The van der Waals surface area contributed by atoms with Crippen molar-refractivity contribution in [2.75, 3.05) is 129 Å². The van der Waals surface area contributed by atoms with Crippen molar-refractivity contribution in [3.05, 3.63) is 25.3 Å². The monoisotopic (exact) mass is 698 g/mol. The van der Waals surface area contributed by atoms with Crippen LogP contribution in [0.3, 0.4) is 0 Å². The van der Waals surface area contributed by atoms with Crippen LogP contribution in [0.2, 0.25) is 0 Å². The minimum atomic E-state index is -0.481. The summed E-state index contributed by atoms with van der Waals surface area (Å²) in [5.74, 6) is 1.60. The van der Waals surface area contributed by atoms with Gasteiger partial charge in [-0.05, 0) is 0 Å². The standard InChI is InChI=1S/C30H50O14S2/c1-3-27(31)41-19-15-37-11-7-35-9-13-39-17-21-43-29(33)5-23-45-25-26-46-24-6-30(34)44-22-18-40-14-10-36-8-12-38-16-20-42-28(32)4-2/h3-4H,1-2,5-26H2. The van der Waals surface area contributed by atoms with E-state index < -0.39 is 11.9 Å². The molecule has 0 amide bonds. The van der Waals surface area contributed by atoms with Crippen molar-refractivity contribution in [3.8, 4) is 0 Å². The quantitative estimate of drug-likeness (QED) is 0.0408. The van der Waals surface area contributed by atoms with Gasteiger partial charge in [-0.25, -0.2) is 9.59 Å². The summed E-state index contributed by atoms with van der Waals surface area (Å²) in [5.41, 5.74) is 0. The van der Waals surface area contributed by atoms with Crippen molar-refractivity contribution in [3.63, 3.8) is 0 Å². The van der Waals surface area contributed by atoms with E-state index in [1.807, 2.05) is 0 Å². The molecule has 16 heteroatoms. The molecule has 0 saturated heterocycles. The Balaban J connectivity index is 3.28. The highest BCUT2D eigenvalue weighted by molar-refractivity contribution is 8.02. The van der Waals surface area contributed by atoms with Gasteiger partial charge in [0.05, 0.1) is 92.1 Å². The predicted octanol–water partition coefficient (Wildman–Crippen LogP) is 1.88. The Morgan fingerprint density at radius 3 is 0.935 bits per heavy atom. The average Bonchev–Trinajstić information content (AvgIpc) is 3.06. The van der Waals surface area contributed by atoms with Crippen LogP contribution in [-0.2, 0) is 66.5 Å². The van der Waals surface area contributed by atoms with Crippen LogP contribution in [0.4, 0.5) is 0 Å². The van der Waals surface area contributed by atoms with Crippen LogP contribution in [0.1, 0.15) is 12.8 Å². The molecular formula is C30H50O14S2. The van der Waals surface area contributed by atoms with Crippen molar-refractivity contribution >= 4 is 47.4 Å². The fraction of sp³-hybridized carbons (Fsp3) is 0.733. The van der Waals surface area contributed by atoms with Gasteiger partial charge in [0.2, 0.25) is 0 Å². The van der Waals surface area contributed by atoms with Crippen molar-refractivity contribution < 1.29 is 66.5 Å². The molecule has 0 fully saturated rings. The first-order valence-corrected chi connectivity index (χ1v) is 17.3. The van der Waals surface area contributed by atoms with E-state index in [9.17, 15) is 19.2 Å². The molecule has 0 spiro atoms. The number of ether oxygens (including phenoxy) is 10. The maximum Gasteiger partial charge on any atom is 0.330 e. The normalized spacial score (nSPS) is 10.7. The van der Waals surface area contributed by atoms with Crippen molar-refractivity contribution in [1.29, 1.82) is 0 Å². The second kappa shape index (κ2) is 35.7. The fourth-order valence-corrected chi connectivity index (χ4v) is 4.78. The first kappa shape index (κ1) is 43.8. The third kappa shape index (κ3) is 34.7. The van der Waals surface area contributed by atoms with Gasteiger partial charge in [0.15, 0.2) is 0 Å². The van der Waals surface area contributed by atoms with E-state index in [4.69, 9.17) is 47.4 Å². The molecule has 0 atom stereocenters. The summed E-state index contributed by atoms with van der Waals surface area (Å²) in [4.78, 5) is 45.3. The highest BCUT2D eigenvalue weighted by atomic mass is 32.2. The van der Waals surface area contributed by atoms with E-state index in [2.05, 4.69) is 13.2 Å². The second-order valence-corrected chi connectivity index (χ2v) is 11.0. The number of hydrogen-bond donors (Lipinski definition) is 0. The first-order valence-electron chi connectivity index (χ1n) is 15.0. The maximum atomic E-state index is 11.8. The summed E-state index contributed by atoms with van der Waals surface area (Å²) in [5, 5.41) is 0. The van der Waals surface area contributed by atoms with Gasteiger partial charge in [-0.3, -0.25) is 9.59 Å². The highest BCUT2D eigenvalue weighted by Gasteiger charge is 2.05. The number of carbonyl (C=O) groups excluding carboxylic acids is 4. The topological polar surface area (TPSA) is 161 Å². The number of rotatable bonds is 35. The average molecular weight is 699 g/mol. The first-order chi connectivity index (χ1) is 22.5. The molecule has 266 valence electrons. The summed E-state index contributed by atoms with van der Waals surface area (Å²) in [6.45, 7) is 11.6. The smallest absolute Gasteiger partial charge is 0.330 e. The van der Waals surface area contributed by atoms with E-state index in [1.54, 1.807) is 23.5 Å². The minimum Gasteiger partial charge on any atom is -0.463 e. The van der Waals surface area contributed by atoms with Gasteiger partial charge in [-0.1, -0.05) is 13.2 Å². The van der Waals surface area contributed by atoms with Gasteiger partial charge >= 0.3 is 23.9 Å². The van der Waals surface area contributed by atoms with Crippen molar-refractivity contribution in [2.45, 2.75) is 12.8 Å². The van der Waals surface area contributed by atoms with Gasteiger partial charge < -0.3 is 47.4 Å². The molecule has 14 nitrogen and oxygen atoms in total. The van der Waals surface area contributed by atoms with Crippen LogP contribution in [0.15, 0.2) is 25.3 Å². The minimum absolute atomic E-state index is 0.170. The van der Waals surface area contributed by atoms with Crippen LogP contribution in [0.5, 0.6) is 0 Å². The van der Waals surface area contributed by atoms with E-state index in [1.165, 1.54) is 0 Å². The summed E-state index contributed by atoms with van der Waals surface area (Å²) in [6.07, 6.45) is 2.85. The molecule has 0 rings (SSSR count). The Morgan fingerprint density at radius 2 is 0.652 bits per heavy atom. The lowest BCUT2D eigenvalue weighted by atomic mass is 10.5. The lowest BCUT2D eigenvalue weighted by Gasteiger charge is -2.08. The van der Waals surface area contributed by atoms with Gasteiger partial charge in [-0.2, -0.15) is 23.5 Å². The molecule has 0 aromatic heterocycles. The van der Waals surface area contributed by atoms with Gasteiger partial charge in [0, 0.05) is 35.2 Å². The zero-order chi connectivity index (χ0) is 33.8. The molecular weight excluding hydrogens is 648 g/mol. The molecule has 0 heterocycles. The summed E-state index contributed by atoms with van der Waals surface area (Å²) < 4.78 is 51.7. The fourth-order valence-electron chi connectivity index (χ4n) is 2.81. The van der Waals surface area contributed by atoms with E-state index in [0.29, 0.717) is 104 Å². The molecule has 0 aliphatic heterocycles. The Kier molecular flexibility index (Phi) is 34.0. The number of carbonyl (C=O) groups is 4. The van der Waals surface area contributed by atoms with Crippen LogP contribution in [-0.4, -0.2) is 153 Å². The molecule has 0 bridgehead atoms. The Labute approximate surface area is 280 Å². The van der Waals surface area contributed by atoms with Crippen molar-refractivity contribution in [2.24, 2.45) is 0 Å². The van der Waals surface area contributed by atoms with Crippen LogP contribution < -0.4 is 0 Å². The molecule has 0 aromatic carbocycles. The van der Waals surface area contributed by atoms with Crippen LogP contribution in [0, 0.1) is 0 Å². The molecule has 0 radical (unpaired) electrons. The zero-order valence-electron chi connectivity index (χ0n) is 26.7. The molecule has 0 N–H and O–H groups in total. The molecule has 0 aliphatic rings. The number of hydrogen-bond acceptors (Lipinski definition) is 16. The Morgan fingerprint density at radius 1 is 0.391 bits per heavy atom. The number of esters is 4. The SMILES string of the molecule is C=CC(=O)OCCOCCOCCOCCOC(=O)CCSCCSCCC(=O)OCCOCCOCCOCCOC(=O)C=C. The predicted molar refractivity (Wildman–Crippen MR) is 173 cm³/mol. The third-order valence-electron chi connectivity index (χ3n) is 5.02. The lowest BCUT2D eigenvalue weighted by molar-refractivity contribution is -0.145. The zero-order valence-corrected chi connectivity index (χ0v) is 28.3. The van der Waals surface area contributed by atoms with Gasteiger partial charge in [0.25, 0.3) is 0 Å². The lowest BCUT2D eigenvalue weighted by Crippen LogP contribution is -2.15. The Bertz CT molecular complexity index is 736. The molecule has 46 heavy (non-hydrogen) atoms. The summed E-state index contributed by atoms with van der Waals surface area (Å²) in [6, 6.07) is 0. The third-order valence-corrected chi connectivity index (χ3v) is 7.25. The van der Waals surface area contributed by atoms with Crippen LogP contribution >= 0.6 is 23.5 Å².